The molecule has 1 saturated carbocycles. The maximum Gasteiger partial charge on any atom is 0.373 e. The van der Waals surface area contributed by atoms with Crippen molar-refractivity contribution in [2.24, 2.45) is 0 Å². The summed E-state index contributed by atoms with van der Waals surface area (Å²) in [4.78, 5) is 0. The summed E-state index contributed by atoms with van der Waals surface area (Å²) in [6, 6.07) is 0. The van der Waals surface area contributed by atoms with E-state index in [2.05, 4.69) is 9.47 Å². The molecule has 0 bridgehead atoms. The number of halogens is 14. The molecular weight excluding hydrogens is 430 g/mol. The van der Waals surface area contributed by atoms with Crippen LogP contribution in [0.4, 0.5) is 61.5 Å². The summed E-state index contributed by atoms with van der Waals surface area (Å²) in [6.07, 6.45) is -17.9. The number of alkyl halides is 14. The Labute approximate surface area is 140 Å². The zero-order valence-electron chi connectivity index (χ0n) is 12.3. The Morgan fingerprint density at radius 1 is 0.778 bits per heavy atom. The van der Waals surface area contributed by atoms with Crippen molar-refractivity contribution in [2.75, 3.05) is 13.2 Å². The normalized spacial score (nSPS) is 31.1. The highest BCUT2D eigenvalue weighted by Crippen LogP contribution is 2.58. The van der Waals surface area contributed by atoms with E-state index in [4.69, 9.17) is 0 Å². The first kappa shape index (κ1) is 24.0. The molecule has 0 N–H and O–H groups in total. The summed E-state index contributed by atoms with van der Waals surface area (Å²) in [5.41, 5.74) is 0. The van der Waals surface area contributed by atoms with E-state index >= 15 is 0 Å². The third-order valence-corrected chi connectivity index (χ3v) is 3.39. The van der Waals surface area contributed by atoms with Crippen LogP contribution in [-0.2, 0) is 9.47 Å². The smallest absolute Gasteiger partial charge is 0.362 e. The van der Waals surface area contributed by atoms with Gasteiger partial charge in [-0.2, -0.15) is 35.1 Å². The molecule has 0 heterocycles. The number of hydrogen-bond donors (Lipinski definition) is 0. The minimum atomic E-state index is -6.37. The van der Waals surface area contributed by atoms with Crippen LogP contribution in [0.2, 0.25) is 0 Å². The van der Waals surface area contributed by atoms with Gasteiger partial charge in [0.2, 0.25) is 0 Å². The Bertz CT molecular complexity index is 523. The maximum atomic E-state index is 14.0. The molecule has 3 atom stereocenters. The van der Waals surface area contributed by atoms with E-state index in [1.54, 1.807) is 0 Å². The van der Waals surface area contributed by atoms with E-state index in [-0.39, 0.29) is 0 Å². The molecule has 0 radical (unpaired) electrons. The Balaban J connectivity index is 3.11. The molecule has 1 aliphatic rings. The number of hydrogen-bond acceptors (Lipinski definition) is 2. The van der Waals surface area contributed by atoms with Crippen molar-refractivity contribution in [3.05, 3.63) is 0 Å². The first-order valence-corrected chi connectivity index (χ1v) is 6.50. The molecule has 0 saturated heterocycles. The van der Waals surface area contributed by atoms with E-state index in [1.165, 1.54) is 0 Å². The molecule has 0 aromatic heterocycles. The van der Waals surface area contributed by atoms with Crippen molar-refractivity contribution >= 4 is 0 Å². The van der Waals surface area contributed by atoms with Crippen LogP contribution in [0.5, 0.6) is 0 Å². The van der Waals surface area contributed by atoms with Crippen LogP contribution in [0.15, 0.2) is 0 Å². The third kappa shape index (κ3) is 3.91. The van der Waals surface area contributed by atoms with Gasteiger partial charge in [0.1, 0.15) is 13.2 Å². The van der Waals surface area contributed by atoms with Gasteiger partial charge in [-0.3, -0.25) is 0 Å². The van der Waals surface area contributed by atoms with Gasteiger partial charge in [0.15, 0.2) is 12.3 Å². The summed E-state index contributed by atoms with van der Waals surface area (Å²) in [5.74, 6) is -28.7. The van der Waals surface area contributed by atoms with Crippen molar-refractivity contribution in [3.8, 4) is 0 Å². The highest BCUT2D eigenvalue weighted by molar-refractivity contribution is 5.16. The predicted molar refractivity (Wildman–Crippen MR) is 56.2 cm³/mol. The molecule has 0 amide bonds. The topological polar surface area (TPSA) is 18.5 Å². The van der Waals surface area contributed by atoms with E-state index in [0.717, 1.165) is 0 Å². The lowest BCUT2D eigenvalue weighted by Gasteiger charge is -2.30. The maximum absolute atomic E-state index is 14.0. The van der Waals surface area contributed by atoms with E-state index in [0.29, 0.717) is 0 Å². The molecular formula is C11H8F14O2. The quantitative estimate of drug-likeness (QED) is 0.521. The van der Waals surface area contributed by atoms with Crippen LogP contribution in [0.25, 0.3) is 0 Å². The molecule has 1 rings (SSSR count). The van der Waals surface area contributed by atoms with Crippen LogP contribution in [0.3, 0.4) is 0 Å². The SMILES string of the molecule is FC(F)C(F)(F)CO[C@@H]1[C@H](F)C(F)(OCC(F)(F)C(F)F)C(F)(F)C1(F)F. The molecule has 1 aliphatic carbocycles. The van der Waals surface area contributed by atoms with Crippen molar-refractivity contribution in [2.45, 2.75) is 54.7 Å². The van der Waals surface area contributed by atoms with Gasteiger partial charge >= 0.3 is 42.4 Å². The fraction of sp³-hybridized carbons (Fsp3) is 1.00. The number of ether oxygens (including phenoxy) is 2. The second-order valence-corrected chi connectivity index (χ2v) is 5.39. The molecule has 1 unspecified atom stereocenters. The second kappa shape index (κ2) is 7.08. The van der Waals surface area contributed by atoms with Crippen molar-refractivity contribution in [1.82, 2.24) is 0 Å². The lowest BCUT2D eigenvalue weighted by molar-refractivity contribution is -0.340. The predicted octanol–water partition coefficient (Wildman–Crippen LogP) is 4.48. The molecule has 0 aromatic carbocycles. The van der Waals surface area contributed by atoms with Gasteiger partial charge in [-0.25, -0.2) is 26.3 Å². The Kier molecular flexibility index (Phi) is 6.29. The summed E-state index contributed by atoms with van der Waals surface area (Å²) >= 11 is 0. The van der Waals surface area contributed by atoms with Crippen molar-refractivity contribution in [3.63, 3.8) is 0 Å². The summed E-state index contributed by atoms with van der Waals surface area (Å²) < 4.78 is 186. The van der Waals surface area contributed by atoms with Gasteiger partial charge in [0.05, 0.1) is 0 Å². The lowest BCUT2D eigenvalue weighted by atomic mass is 10.1. The third-order valence-electron chi connectivity index (χ3n) is 3.39. The molecule has 162 valence electrons. The van der Waals surface area contributed by atoms with Crippen LogP contribution in [-0.4, -0.2) is 67.9 Å². The molecule has 0 spiro atoms. The van der Waals surface area contributed by atoms with Crippen LogP contribution < -0.4 is 0 Å². The summed E-state index contributed by atoms with van der Waals surface area (Å²) in [7, 11) is 0. The van der Waals surface area contributed by atoms with E-state index in [1.807, 2.05) is 0 Å². The summed E-state index contributed by atoms with van der Waals surface area (Å²) in [5, 5.41) is 0. The fourth-order valence-electron chi connectivity index (χ4n) is 1.85. The van der Waals surface area contributed by atoms with Gasteiger partial charge in [-0.1, -0.05) is 0 Å². The first-order chi connectivity index (χ1) is 11.8. The van der Waals surface area contributed by atoms with Gasteiger partial charge in [-0.05, 0) is 0 Å². The standard InChI is InChI=1S/C11H8F14O2/c12-3-4(26-1-7(17,18)5(13)14)9(21,22)11(24,25)10(3,23)27-2-8(19,20)6(15)16/h3-6H,1-2H2/t3-,4+,10?/m0/s1. The second-order valence-electron chi connectivity index (χ2n) is 5.39. The van der Waals surface area contributed by atoms with Crippen LogP contribution in [0, 0.1) is 0 Å². The van der Waals surface area contributed by atoms with Gasteiger partial charge in [0.25, 0.3) is 0 Å². The largest absolute Gasteiger partial charge is 0.373 e. The zero-order chi connectivity index (χ0) is 21.6. The molecule has 1 fully saturated rings. The van der Waals surface area contributed by atoms with Gasteiger partial charge < -0.3 is 9.47 Å². The highest BCUT2D eigenvalue weighted by atomic mass is 19.3. The first-order valence-electron chi connectivity index (χ1n) is 6.50. The Morgan fingerprint density at radius 3 is 1.59 bits per heavy atom. The Morgan fingerprint density at radius 2 is 1.19 bits per heavy atom. The van der Waals surface area contributed by atoms with Crippen molar-refractivity contribution in [1.29, 1.82) is 0 Å². The fourth-order valence-corrected chi connectivity index (χ4v) is 1.85. The van der Waals surface area contributed by atoms with Gasteiger partial charge in [0, 0.05) is 0 Å². The molecule has 0 aliphatic heterocycles. The van der Waals surface area contributed by atoms with Crippen molar-refractivity contribution < 1.29 is 70.9 Å². The average Bonchev–Trinajstić information content (AvgIpc) is 2.60. The van der Waals surface area contributed by atoms with Crippen LogP contribution in [0.1, 0.15) is 0 Å². The minimum Gasteiger partial charge on any atom is -0.362 e. The van der Waals surface area contributed by atoms with Gasteiger partial charge in [-0.15, -0.1) is 0 Å². The Hall–Kier alpha value is -1.06. The van der Waals surface area contributed by atoms with Crippen LogP contribution >= 0.6 is 0 Å². The summed E-state index contributed by atoms with van der Waals surface area (Å²) in [6.45, 7) is -5.77. The molecule has 27 heavy (non-hydrogen) atoms. The minimum absolute atomic E-state index is 2.77. The van der Waals surface area contributed by atoms with E-state index in [9.17, 15) is 61.5 Å². The molecule has 16 heteroatoms. The average molecular weight is 438 g/mol. The molecule has 0 aromatic rings. The lowest BCUT2D eigenvalue weighted by Crippen LogP contribution is -2.55. The highest BCUT2D eigenvalue weighted by Gasteiger charge is 2.86. The zero-order valence-corrected chi connectivity index (χ0v) is 12.3. The van der Waals surface area contributed by atoms with E-state index < -0.39 is 67.9 Å². The number of rotatable bonds is 8. The molecule has 2 nitrogen and oxygen atoms in total. The monoisotopic (exact) mass is 438 g/mol.